The Morgan fingerprint density at radius 1 is 1.03 bits per heavy atom. The number of nitrogens with zero attached hydrogens (tertiary/aromatic N) is 2. The number of carboxylic acid groups (broad SMARTS) is 1. The maximum Gasteiger partial charge on any atom is 0.307 e. The fraction of sp³-hybridized carbons (Fsp3) is 0.419. The molecule has 0 spiro atoms. The molecule has 1 aromatic heterocycles. The molecule has 1 saturated heterocycles. The van der Waals surface area contributed by atoms with Gasteiger partial charge < -0.3 is 24.6 Å². The molecule has 39 heavy (non-hydrogen) atoms. The molecule has 0 bridgehead atoms. The minimum Gasteiger partial charge on any atom is -0.493 e. The highest BCUT2D eigenvalue weighted by Gasteiger charge is 2.31. The van der Waals surface area contributed by atoms with E-state index in [4.69, 9.17) is 9.47 Å². The normalized spacial score (nSPS) is 14.7. The number of hydrogen-bond acceptors (Lipinski definition) is 6. The molecule has 3 aromatic rings. The zero-order valence-electron chi connectivity index (χ0n) is 22.9. The molecular weight excluding hydrogens is 499 g/mol. The van der Waals surface area contributed by atoms with E-state index in [1.54, 1.807) is 12.1 Å². The van der Waals surface area contributed by atoms with E-state index < -0.39 is 5.97 Å². The van der Waals surface area contributed by atoms with Crippen LogP contribution < -0.4 is 14.4 Å². The van der Waals surface area contributed by atoms with Crippen LogP contribution >= 0.6 is 0 Å². The number of aliphatic hydroxyl groups excluding tert-OH is 1. The van der Waals surface area contributed by atoms with Crippen LogP contribution in [0.2, 0.25) is 0 Å². The molecule has 2 heterocycles. The Labute approximate surface area is 229 Å². The van der Waals surface area contributed by atoms with Gasteiger partial charge in [0, 0.05) is 30.8 Å². The van der Waals surface area contributed by atoms with E-state index >= 15 is 0 Å². The summed E-state index contributed by atoms with van der Waals surface area (Å²) in [5.41, 5.74) is 4.87. The van der Waals surface area contributed by atoms with Gasteiger partial charge in [-0.05, 0) is 60.6 Å². The van der Waals surface area contributed by atoms with E-state index in [-0.39, 0.29) is 30.9 Å². The smallest absolute Gasteiger partial charge is 0.307 e. The number of pyridine rings is 1. The zero-order valence-corrected chi connectivity index (χ0v) is 22.9. The van der Waals surface area contributed by atoms with Gasteiger partial charge in [-0.1, -0.05) is 38.1 Å². The molecule has 7 nitrogen and oxygen atoms in total. The van der Waals surface area contributed by atoms with Gasteiger partial charge in [-0.3, -0.25) is 4.79 Å². The summed E-state index contributed by atoms with van der Waals surface area (Å²) in [6.07, 6.45) is 2.46. The number of aliphatic hydroxyl groups is 1. The van der Waals surface area contributed by atoms with Crippen LogP contribution in [0.4, 0.5) is 10.1 Å². The number of piperidine rings is 1. The maximum absolute atomic E-state index is 13.1. The number of carbonyl (C=O) groups is 1. The van der Waals surface area contributed by atoms with Crippen LogP contribution in [0.1, 0.15) is 43.5 Å². The minimum atomic E-state index is -0.918. The predicted molar refractivity (Wildman–Crippen MR) is 149 cm³/mol. The number of hydrogen-bond donors (Lipinski definition) is 2. The number of aliphatic carboxylic acids is 1. The third-order valence-corrected chi connectivity index (χ3v) is 7.25. The summed E-state index contributed by atoms with van der Waals surface area (Å²) >= 11 is 0. The number of ether oxygens (including phenoxy) is 2. The Kier molecular flexibility index (Phi) is 9.07. The summed E-state index contributed by atoms with van der Waals surface area (Å²) in [6, 6.07) is 14.0. The molecule has 0 aliphatic carbocycles. The van der Waals surface area contributed by atoms with E-state index in [0.717, 1.165) is 48.3 Å². The second-order valence-corrected chi connectivity index (χ2v) is 10.7. The SMILES string of the molecule is Cc1nc(OCCO)c(-c2ccc(OCCc3ccc(F)cc3)cc2)c(N2CCC(C)(C)CC2)c1CC(=O)O. The standard InChI is InChI=1S/C31H37FN2O5/c1-21-26(20-27(36)37)29(34-15-13-31(2,3)14-16-34)28(30(33-21)39-19-17-35)23-6-10-25(11-7-23)38-18-12-22-4-8-24(32)9-5-22/h4-11,35H,12-20H2,1-3H3,(H,36,37). The number of anilines is 1. The molecule has 0 radical (unpaired) electrons. The van der Waals surface area contributed by atoms with E-state index in [1.165, 1.54) is 12.1 Å². The minimum absolute atomic E-state index is 0.0781. The van der Waals surface area contributed by atoms with Gasteiger partial charge in [0.2, 0.25) is 5.88 Å². The Hall–Kier alpha value is -3.65. The molecule has 1 aliphatic rings. The van der Waals surface area contributed by atoms with Gasteiger partial charge in [0.25, 0.3) is 0 Å². The van der Waals surface area contributed by atoms with Gasteiger partial charge in [-0.2, -0.15) is 0 Å². The highest BCUT2D eigenvalue weighted by molar-refractivity contribution is 5.88. The molecule has 0 saturated carbocycles. The number of aromatic nitrogens is 1. The molecule has 0 amide bonds. The fourth-order valence-electron chi connectivity index (χ4n) is 4.91. The van der Waals surface area contributed by atoms with Gasteiger partial charge in [0.15, 0.2) is 0 Å². The Morgan fingerprint density at radius 3 is 2.31 bits per heavy atom. The Morgan fingerprint density at radius 2 is 1.69 bits per heavy atom. The van der Waals surface area contributed by atoms with E-state index in [9.17, 15) is 19.4 Å². The predicted octanol–water partition coefficient (Wildman–Crippen LogP) is 5.44. The first-order valence-electron chi connectivity index (χ1n) is 13.4. The van der Waals surface area contributed by atoms with E-state index in [0.29, 0.717) is 35.9 Å². The van der Waals surface area contributed by atoms with Crippen molar-refractivity contribution in [2.45, 2.75) is 46.5 Å². The topological polar surface area (TPSA) is 92.1 Å². The van der Waals surface area contributed by atoms with Gasteiger partial charge in [-0.15, -0.1) is 0 Å². The Bertz CT molecular complexity index is 1270. The summed E-state index contributed by atoms with van der Waals surface area (Å²) in [5, 5.41) is 19.2. The van der Waals surface area contributed by atoms with Crippen LogP contribution in [0.15, 0.2) is 48.5 Å². The molecule has 2 aromatic carbocycles. The monoisotopic (exact) mass is 536 g/mol. The molecule has 0 atom stereocenters. The van der Waals surface area contributed by atoms with E-state index in [1.807, 2.05) is 31.2 Å². The Balaban J connectivity index is 1.67. The number of rotatable bonds is 11. The van der Waals surface area contributed by atoms with Gasteiger partial charge >= 0.3 is 5.97 Å². The van der Waals surface area contributed by atoms with Crippen molar-refractivity contribution in [3.63, 3.8) is 0 Å². The average Bonchev–Trinajstić information content (AvgIpc) is 2.90. The van der Waals surface area contributed by atoms with Crippen LogP contribution in [0, 0.1) is 18.2 Å². The molecule has 0 unspecified atom stereocenters. The number of aryl methyl sites for hydroxylation is 1. The fourth-order valence-corrected chi connectivity index (χ4v) is 4.91. The third kappa shape index (κ3) is 7.26. The maximum atomic E-state index is 13.1. The van der Waals surface area contributed by atoms with Crippen LogP contribution in [-0.4, -0.2) is 54.1 Å². The second-order valence-electron chi connectivity index (χ2n) is 10.7. The van der Waals surface area contributed by atoms with E-state index in [2.05, 4.69) is 23.7 Å². The van der Waals surface area contributed by atoms with Crippen molar-refractivity contribution >= 4 is 11.7 Å². The average molecular weight is 537 g/mol. The van der Waals surface area contributed by atoms with Gasteiger partial charge in [0.1, 0.15) is 18.2 Å². The van der Waals surface area contributed by atoms with Crippen LogP contribution in [0.25, 0.3) is 11.1 Å². The quantitative estimate of drug-likeness (QED) is 0.337. The summed E-state index contributed by atoms with van der Waals surface area (Å²) in [4.78, 5) is 18.8. The first-order chi connectivity index (χ1) is 18.7. The second kappa shape index (κ2) is 12.5. The lowest BCUT2D eigenvalue weighted by atomic mass is 9.82. The molecule has 208 valence electrons. The summed E-state index contributed by atoms with van der Waals surface area (Å²) < 4.78 is 25.0. The highest BCUT2D eigenvalue weighted by Crippen LogP contribution is 2.44. The highest BCUT2D eigenvalue weighted by atomic mass is 19.1. The molecule has 2 N–H and O–H groups in total. The summed E-state index contributed by atoms with van der Waals surface area (Å²) in [7, 11) is 0. The van der Waals surface area contributed by atoms with Crippen molar-refractivity contribution in [3.05, 3.63) is 71.2 Å². The van der Waals surface area contributed by atoms with Gasteiger partial charge in [-0.25, -0.2) is 9.37 Å². The van der Waals surface area contributed by atoms with Crippen molar-refractivity contribution in [1.29, 1.82) is 0 Å². The number of carboxylic acids is 1. The first-order valence-corrected chi connectivity index (χ1v) is 13.4. The molecule has 1 fully saturated rings. The number of halogens is 1. The molecule has 1 aliphatic heterocycles. The van der Waals surface area contributed by atoms with Crippen LogP contribution in [0.3, 0.4) is 0 Å². The third-order valence-electron chi connectivity index (χ3n) is 7.25. The summed E-state index contributed by atoms with van der Waals surface area (Å²) in [6.45, 7) is 8.26. The number of benzene rings is 2. The lowest BCUT2D eigenvalue weighted by molar-refractivity contribution is -0.136. The van der Waals surface area contributed by atoms with Crippen molar-refractivity contribution in [3.8, 4) is 22.8 Å². The molecule has 4 rings (SSSR count). The molecular formula is C31H37FN2O5. The lowest BCUT2D eigenvalue weighted by Gasteiger charge is -2.40. The first kappa shape index (κ1) is 28.4. The molecule has 8 heteroatoms. The van der Waals surface area contributed by atoms with Crippen molar-refractivity contribution in [2.75, 3.05) is 37.8 Å². The van der Waals surface area contributed by atoms with Crippen molar-refractivity contribution in [1.82, 2.24) is 4.98 Å². The van der Waals surface area contributed by atoms with Crippen molar-refractivity contribution < 1.29 is 28.9 Å². The van der Waals surface area contributed by atoms with Crippen LogP contribution in [0.5, 0.6) is 11.6 Å². The van der Waals surface area contributed by atoms with Crippen LogP contribution in [-0.2, 0) is 17.6 Å². The van der Waals surface area contributed by atoms with Crippen molar-refractivity contribution in [2.24, 2.45) is 5.41 Å². The summed E-state index contributed by atoms with van der Waals surface area (Å²) in [5.74, 6) is -0.119. The zero-order chi connectivity index (χ0) is 28.0. The lowest BCUT2D eigenvalue weighted by Crippen LogP contribution is -2.38. The largest absolute Gasteiger partial charge is 0.493 e. The van der Waals surface area contributed by atoms with Gasteiger partial charge in [0.05, 0.1) is 30.9 Å².